The minimum atomic E-state index is -0.162. The summed E-state index contributed by atoms with van der Waals surface area (Å²) in [5.74, 6) is 2.70. The summed E-state index contributed by atoms with van der Waals surface area (Å²) in [7, 11) is 0. The van der Waals surface area contributed by atoms with Crippen LogP contribution in [0.15, 0.2) is 217 Å². The first-order chi connectivity index (χ1) is 35.6. The number of thiophene rings is 1. The van der Waals surface area contributed by atoms with Crippen LogP contribution in [-0.4, -0.2) is 6.71 Å². The molecular formula is C66H50BN3OS. The van der Waals surface area contributed by atoms with Crippen LogP contribution in [0.4, 0.5) is 51.2 Å². The van der Waals surface area contributed by atoms with Gasteiger partial charge in [-0.2, -0.15) is 0 Å². The summed E-state index contributed by atoms with van der Waals surface area (Å²) < 4.78 is 9.87. The molecule has 9 aromatic carbocycles. The molecule has 4 bridgehead atoms. The number of benzene rings is 9. The number of para-hydroxylation sites is 3. The van der Waals surface area contributed by atoms with Gasteiger partial charge in [0.2, 0.25) is 0 Å². The Kier molecular flexibility index (Phi) is 8.86. The summed E-state index contributed by atoms with van der Waals surface area (Å²) in [6, 6.07) is 79.0. The molecule has 4 aliphatic carbocycles. The van der Waals surface area contributed by atoms with Crippen molar-refractivity contribution in [1.29, 1.82) is 0 Å². The van der Waals surface area contributed by atoms with E-state index in [9.17, 15) is 0 Å². The van der Waals surface area contributed by atoms with Gasteiger partial charge in [-0.15, -0.1) is 11.3 Å². The molecule has 2 aromatic heterocycles. The lowest BCUT2D eigenvalue weighted by Gasteiger charge is -2.57. The summed E-state index contributed by atoms with van der Waals surface area (Å²) in [5, 5.41) is 3.71. The number of furan rings is 1. The van der Waals surface area contributed by atoms with Crippen LogP contribution in [0.25, 0.3) is 42.3 Å². The van der Waals surface area contributed by atoms with Gasteiger partial charge in [-0.05, 0) is 163 Å². The van der Waals surface area contributed by atoms with Gasteiger partial charge in [0, 0.05) is 60.5 Å². The van der Waals surface area contributed by atoms with Gasteiger partial charge in [0.25, 0.3) is 6.71 Å². The number of rotatable bonds is 7. The highest BCUT2D eigenvalue weighted by Crippen LogP contribution is 2.61. The Morgan fingerprint density at radius 3 is 1.94 bits per heavy atom. The first kappa shape index (κ1) is 40.9. The zero-order valence-corrected chi connectivity index (χ0v) is 40.7. The third kappa shape index (κ3) is 5.99. The maximum absolute atomic E-state index is 7.30. The number of anilines is 9. The second-order valence-corrected chi connectivity index (χ2v) is 22.5. The molecule has 0 spiro atoms. The second kappa shape index (κ2) is 15.6. The zero-order chi connectivity index (χ0) is 47.1. The Bertz CT molecular complexity index is 3920. The molecule has 6 heteroatoms. The molecule has 4 fully saturated rings. The SMILES string of the molecule is c1ccc(-c2ccccc2N(c2ccccc2)c2ccc3c(c2)N(c2cccc4c2sc2ccccc24)c2cccc4c2B3c2oc3ccccc3c2N4c2ccc(C34CC5CC(CC(C5)C3)C4)cc2)cc1. The molecule has 0 unspecified atom stereocenters. The highest BCUT2D eigenvalue weighted by atomic mass is 32.1. The molecule has 0 saturated heterocycles. The van der Waals surface area contributed by atoms with Crippen molar-refractivity contribution in [2.45, 2.75) is 43.9 Å². The minimum Gasteiger partial charge on any atom is -0.468 e. The van der Waals surface area contributed by atoms with Crippen LogP contribution < -0.4 is 31.3 Å². The summed E-state index contributed by atoms with van der Waals surface area (Å²) in [4.78, 5) is 7.56. The first-order valence-electron chi connectivity index (χ1n) is 26.0. The van der Waals surface area contributed by atoms with Crippen molar-refractivity contribution in [3.05, 3.63) is 218 Å². The molecule has 0 N–H and O–H groups in total. The van der Waals surface area contributed by atoms with Crippen LogP contribution in [0.5, 0.6) is 0 Å². The van der Waals surface area contributed by atoms with Gasteiger partial charge in [0.15, 0.2) is 0 Å². The van der Waals surface area contributed by atoms with E-state index in [1.165, 1.54) is 103 Å². The third-order valence-corrected chi connectivity index (χ3v) is 18.6. The zero-order valence-electron chi connectivity index (χ0n) is 39.9. The van der Waals surface area contributed by atoms with Crippen LogP contribution in [0.1, 0.15) is 44.1 Å². The van der Waals surface area contributed by atoms with Gasteiger partial charge < -0.3 is 19.1 Å². The Morgan fingerprint density at radius 2 is 1.15 bits per heavy atom. The van der Waals surface area contributed by atoms with E-state index in [0.717, 1.165) is 62.8 Å². The smallest absolute Gasteiger partial charge is 0.297 e. The number of hydrogen-bond acceptors (Lipinski definition) is 5. The fourth-order valence-electron chi connectivity index (χ4n) is 14.9. The van der Waals surface area contributed by atoms with E-state index in [1.807, 2.05) is 11.3 Å². The lowest BCUT2D eigenvalue weighted by Crippen LogP contribution is -2.61. The molecule has 344 valence electrons. The highest BCUT2D eigenvalue weighted by Gasteiger charge is 2.52. The van der Waals surface area contributed by atoms with Crippen molar-refractivity contribution in [1.82, 2.24) is 0 Å². The highest BCUT2D eigenvalue weighted by molar-refractivity contribution is 7.26. The largest absolute Gasteiger partial charge is 0.468 e. The molecule has 4 heterocycles. The van der Waals surface area contributed by atoms with E-state index in [-0.39, 0.29) is 6.71 Å². The predicted octanol–water partition coefficient (Wildman–Crippen LogP) is 16.5. The molecule has 17 rings (SSSR count). The average molecular weight is 944 g/mol. The topological polar surface area (TPSA) is 22.9 Å². The maximum atomic E-state index is 7.30. The van der Waals surface area contributed by atoms with Crippen molar-refractivity contribution in [2.75, 3.05) is 14.7 Å². The van der Waals surface area contributed by atoms with Gasteiger partial charge >= 0.3 is 0 Å². The van der Waals surface area contributed by atoms with Crippen LogP contribution in [0, 0.1) is 17.8 Å². The predicted molar refractivity (Wildman–Crippen MR) is 303 cm³/mol. The molecule has 11 aromatic rings. The van der Waals surface area contributed by atoms with Crippen molar-refractivity contribution < 1.29 is 4.42 Å². The van der Waals surface area contributed by atoms with Crippen LogP contribution in [-0.2, 0) is 5.41 Å². The van der Waals surface area contributed by atoms with Crippen LogP contribution in [0.3, 0.4) is 0 Å². The first-order valence-corrected chi connectivity index (χ1v) is 26.8. The van der Waals surface area contributed by atoms with Crippen LogP contribution >= 0.6 is 11.3 Å². The van der Waals surface area contributed by atoms with E-state index in [2.05, 4.69) is 227 Å². The molecule has 0 atom stereocenters. The monoisotopic (exact) mass is 943 g/mol. The normalized spacial score (nSPS) is 20.3. The fraction of sp³-hybridized carbons (Fsp3) is 0.152. The number of fused-ring (bicyclic) bond motifs is 9. The van der Waals surface area contributed by atoms with Gasteiger partial charge in [0.1, 0.15) is 5.58 Å². The fourth-order valence-corrected chi connectivity index (χ4v) is 16.1. The van der Waals surface area contributed by atoms with Crippen molar-refractivity contribution in [3.8, 4) is 11.1 Å². The van der Waals surface area contributed by atoms with E-state index >= 15 is 0 Å². The Balaban J connectivity index is 0.936. The summed E-state index contributed by atoms with van der Waals surface area (Å²) in [6.07, 6.45) is 8.44. The molecule has 72 heavy (non-hydrogen) atoms. The van der Waals surface area contributed by atoms with E-state index in [1.54, 1.807) is 5.56 Å². The minimum absolute atomic E-state index is 0.162. The number of nitrogens with zero attached hydrogens (tertiary/aromatic N) is 3. The van der Waals surface area contributed by atoms with Crippen molar-refractivity contribution >= 4 is 117 Å². The lowest BCUT2D eigenvalue weighted by molar-refractivity contribution is -0.00518. The Morgan fingerprint density at radius 1 is 0.514 bits per heavy atom. The van der Waals surface area contributed by atoms with Gasteiger partial charge in [0.05, 0.1) is 27.4 Å². The molecule has 4 saturated carbocycles. The quantitative estimate of drug-likeness (QED) is 0.149. The molecule has 6 aliphatic rings. The molecule has 0 amide bonds. The van der Waals surface area contributed by atoms with Gasteiger partial charge in [-0.25, -0.2) is 0 Å². The van der Waals surface area contributed by atoms with Crippen molar-refractivity contribution in [3.63, 3.8) is 0 Å². The average Bonchev–Trinajstić information content (AvgIpc) is 4.01. The van der Waals surface area contributed by atoms with E-state index in [4.69, 9.17) is 4.42 Å². The summed E-state index contributed by atoms with van der Waals surface area (Å²) >= 11 is 1.89. The van der Waals surface area contributed by atoms with E-state index < -0.39 is 0 Å². The summed E-state index contributed by atoms with van der Waals surface area (Å²) in [5.41, 5.74) is 18.9. The standard InChI is InChI=1S/C66H50BN3OS/c1-3-15-45(16-4-1)50-19-7-10-23-55(50)68(47-17-5-2-6-18-47)49-33-34-54-59(38-49)70(58-26-13-22-52-51-20-9-12-28-61(51)72-64(52)58)57-25-14-24-56-62(57)67(54)65-63(53-21-8-11-27-60(53)71-65)69(56)48-31-29-46(30-32-48)66-39-42-35-43(40-66)37-44(36-42)41-66/h1-34,38,42-44H,35-37,39-41H2. The molecular weight excluding hydrogens is 894 g/mol. The molecule has 4 nitrogen and oxygen atoms in total. The Labute approximate surface area is 424 Å². The summed E-state index contributed by atoms with van der Waals surface area (Å²) in [6.45, 7) is -0.162. The third-order valence-electron chi connectivity index (χ3n) is 17.4. The van der Waals surface area contributed by atoms with Crippen LogP contribution in [0.2, 0.25) is 0 Å². The van der Waals surface area contributed by atoms with Gasteiger partial charge in [-0.1, -0.05) is 133 Å². The maximum Gasteiger partial charge on any atom is 0.297 e. The van der Waals surface area contributed by atoms with E-state index in [0.29, 0.717) is 5.41 Å². The lowest BCUT2D eigenvalue weighted by atomic mass is 9.35. The molecule has 2 aliphatic heterocycles. The van der Waals surface area contributed by atoms with Crippen molar-refractivity contribution in [2.24, 2.45) is 17.8 Å². The van der Waals surface area contributed by atoms with Gasteiger partial charge in [-0.3, -0.25) is 0 Å². The second-order valence-electron chi connectivity index (χ2n) is 21.4. The molecule has 0 radical (unpaired) electrons. The Hall–Kier alpha value is -7.80. The number of hydrogen-bond donors (Lipinski definition) is 0.